The highest BCUT2D eigenvalue weighted by atomic mass is 35.5. The third-order valence-electron chi connectivity index (χ3n) is 4.06. The maximum atomic E-state index is 12.2. The molecule has 2 unspecified atom stereocenters. The number of hydrogen-bond acceptors (Lipinski definition) is 3. The number of hydrogen-bond donors (Lipinski definition) is 2. The van der Waals surface area contributed by atoms with Crippen molar-refractivity contribution in [2.45, 2.75) is 50.7 Å². The summed E-state index contributed by atoms with van der Waals surface area (Å²) < 4.78 is 0. The zero-order valence-corrected chi connectivity index (χ0v) is 13.1. The molecule has 0 aromatic carbocycles. The molecule has 2 aliphatic rings. The second-order valence-electron chi connectivity index (χ2n) is 5.42. The number of aryl methyl sites for hydroxylation is 1. The van der Waals surface area contributed by atoms with Crippen molar-refractivity contribution in [1.82, 2.24) is 15.6 Å². The molecule has 6 heteroatoms. The molecule has 2 aliphatic heterocycles. The van der Waals surface area contributed by atoms with Crippen LogP contribution in [0, 0.1) is 6.92 Å². The maximum absolute atomic E-state index is 12.2. The van der Waals surface area contributed by atoms with E-state index in [-0.39, 0.29) is 30.7 Å². The molecule has 2 bridgehead atoms. The molecule has 2 saturated heterocycles. The first-order valence-electron chi connectivity index (χ1n) is 6.71. The Morgan fingerprint density at radius 1 is 1.30 bits per heavy atom. The average Bonchev–Trinajstić information content (AvgIpc) is 2.69. The molecule has 0 saturated carbocycles. The zero-order chi connectivity index (χ0) is 12.5. The number of halogens is 2. The van der Waals surface area contributed by atoms with E-state index < -0.39 is 0 Å². The summed E-state index contributed by atoms with van der Waals surface area (Å²) in [5, 5.41) is 6.74. The summed E-state index contributed by atoms with van der Waals surface area (Å²) in [7, 11) is 0. The number of piperidine rings is 1. The predicted molar refractivity (Wildman–Crippen MR) is 83.9 cm³/mol. The van der Waals surface area contributed by atoms with Crippen molar-refractivity contribution in [3.63, 3.8) is 0 Å². The van der Waals surface area contributed by atoms with Gasteiger partial charge in [0.1, 0.15) is 0 Å². The lowest BCUT2D eigenvalue weighted by atomic mass is 9.99. The van der Waals surface area contributed by atoms with Crippen LogP contribution in [0.2, 0.25) is 0 Å². The second-order valence-corrected chi connectivity index (χ2v) is 5.42. The van der Waals surface area contributed by atoms with Gasteiger partial charge in [0, 0.05) is 30.0 Å². The summed E-state index contributed by atoms with van der Waals surface area (Å²) in [6, 6.07) is 5.17. The lowest BCUT2D eigenvalue weighted by Gasteiger charge is -2.29. The van der Waals surface area contributed by atoms with Crippen molar-refractivity contribution in [1.29, 1.82) is 0 Å². The monoisotopic (exact) mass is 317 g/mol. The van der Waals surface area contributed by atoms with E-state index in [1.807, 2.05) is 19.1 Å². The Balaban J connectivity index is 0.000001000. The van der Waals surface area contributed by atoms with Gasteiger partial charge in [-0.25, -0.2) is 0 Å². The van der Waals surface area contributed by atoms with E-state index in [0.717, 1.165) is 18.5 Å². The normalized spacial score (nSPS) is 27.1. The Morgan fingerprint density at radius 3 is 2.55 bits per heavy atom. The van der Waals surface area contributed by atoms with Gasteiger partial charge in [-0.2, -0.15) is 0 Å². The number of nitrogens with one attached hydrogen (secondary N) is 2. The van der Waals surface area contributed by atoms with Gasteiger partial charge in [-0.1, -0.05) is 0 Å². The van der Waals surface area contributed by atoms with Crippen LogP contribution < -0.4 is 10.6 Å². The second kappa shape index (κ2) is 7.25. The largest absolute Gasteiger partial charge is 0.349 e. The number of nitrogens with zero attached hydrogens (tertiary/aromatic N) is 1. The molecule has 0 spiro atoms. The van der Waals surface area contributed by atoms with Gasteiger partial charge in [0.2, 0.25) is 0 Å². The quantitative estimate of drug-likeness (QED) is 0.879. The van der Waals surface area contributed by atoms with Gasteiger partial charge in [-0.3, -0.25) is 9.78 Å². The van der Waals surface area contributed by atoms with Gasteiger partial charge in [0.15, 0.2) is 0 Å². The SMILES string of the molecule is Cc1ncccc1C(=O)NC1CC2CCC(C1)N2.Cl.Cl. The average molecular weight is 318 g/mol. The summed E-state index contributed by atoms with van der Waals surface area (Å²) in [6.07, 6.45) is 6.34. The number of fused-ring (bicyclic) bond motifs is 2. The van der Waals surface area contributed by atoms with Gasteiger partial charge in [-0.15, -0.1) is 24.8 Å². The van der Waals surface area contributed by atoms with Crippen LogP contribution in [-0.4, -0.2) is 29.0 Å². The fourth-order valence-corrected chi connectivity index (χ4v) is 3.16. The van der Waals surface area contributed by atoms with Crippen LogP contribution >= 0.6 is 24.8 Å². The van der Waals surface area contributed by atoms with Crippen LogP contribution in [0.4, 0.5) is 0 Å². The Labute approximate surface area is 131 Å². The molecule has 1 amide bonds. The molecule has 2 N–H and O–H groups in total. The fraction of sp³-hybridized carbons (Fsp3) is 0.571. The Hall–Kier alpha value is -0.840. The van der Waals surface area contributed by atoms with Crippen molar-refractivity contribution < 1.29 is 4.79 Å². The van der Waals surface area contributed by atoms with Crippen LogP contribution in [0.1, 0.15) is 41.7 Å². The molecule has 20 heavy (non-hydrogen) atoms. The van der Waals surface area contributed by atoms with Crippen molar-refractivity contribution in [3.05, 3.63) is 29.6 Å². The van der Waals surface area contributed by atoms with E-state index >= 15 is 0 Å². The molecular formula is C14H21Cl2N3O. The fourth-order valence-electron chi connectivity index (χ4n) is 3.16. The highest BCUT2D eigenvalue weighted by Crippen LogP contribution is 2.26. The van der Waals surface area contributed by atoms with Crippen LogP contribution in [0.5, 0.6) is 0 Å². The lowest BCUT2D eigenvalue weighted by molar-refractivity contribution is 0.0923. The molecule has 1 aromatic heterocycles. The molecule has 4 nitrogen and oxygen atoms in total. The van der Waals surface area contributed by atoms with E-state index in [1.165, 1.54) is 12.8 Å². The minimum Gasteiger partial charge on any atom is -0.349 e. The summed E-state index contributed by atoms with van der Waals surface area (Å²) in [5.74, 6) is 0.0203. The molecule has 0 aliphatic carbocycles. The molecular weight excluding hydrogens is 297 g/mol. The van der Waals surface area contributed by atoms with E-state index in [9.17, 15) is 4.79 Å². The highest BCUT2D eigenvalue weighted by molar-refractivity contribution is 5.95. The number of aromatic nitrogens is 1. The van der Waals surface area contributed by atoms with E-state index in [0.29, 0.717) is 23.7 Å². The number of amides is 1. The minimum atomic E-state index is 0. The number of carbonyl (C=O) groups excluding carboxylic acids is 1. The van der Waals surface area contributed by atoms with Crippen LogP contribution in [0.15, 0.2) is 18.3 Å². The summed E-state index contributed by atoms with van der Waals surface area (Å²) in [6.45, 7) is 1.88. The highest BCUT2D eigenvalue weighted by Gasteiger charge is 2.34. The zero-order valence-electron chi connectivity index (χ0n) is 11.5. The molecule has 2 atom stereocenters. The predicted octanol–water partition coefficient (Wildman–Crippen LogP) is 2.25. The van der Waals surface area contributed by atoms with E-state index in [2.05, 4.69) is 15.6 Å². The third kappa shape index (κ3) is 3.62. The van der Waals surface area contributed by atoms with Crippen LogP contribution in [0.3, 0.4) is 0 Å². The van der Waals surface area contributed by atoms with Gasteiger partial charge in [0.25, 0.3) is 5.91 Å². The molecule has 3 heterocycles. The first-order valence-corrected chi connectivity index (χ1v) is 6.71. The first kappa shape index (κ1) is 17.2. The standard InChI is InChI=1S/C14H19N3O.2ClH/c1-9-13(3-2-6-15-9)14(18)17-12-7-10-4-5-11(8-12)16-10;;/h2-3,6,10-12,16H,4-5,7-8H2,1H3,(H,17,18);2*1H. The van der Waals surface area contributed by atoms with Gasteiger partial charge < -0.3 is 10.6 Å². The minimum absolute atomic E-state index is 0. The van der Waals surface area contributed by atoms with Gasteiger partial charge >= 0.3 is 0 Å². The van der Waals surface area contributed by atoms with Crippen molar-refractivity contribution in [2.24, 2.45) is 0 Å². The maximum Gasteiger partial charge on any atom is 0.253 e. The third-order valence-corrected chi connectivity index (χ3v) is 4.06. The Morgan fingerprint density at radius 2 is 1.95 bits per heavy atom. The number of rotatable bonds is 2. The number of carbonyl (C=O) groups is 1. The van der Waals surface area contributed by atoms with E-state index in [1.54, 1.807) is 6.20 Å². The topological polar surface area (TPSA) is 54.0 Å². The number of pyridine rings is 1. The van der Waals surface area contributed by atoms with Gasteiger partial charge in [0.05, 0.1) is 5.56 Å². The Kier molecular flexibility index (Phi) is 6.24. The first-order chi connectivity index (χ1) is 8.72. The van der Waals surface area contributed by atoms with E-state index in [4.69, 9.17) is 0 Å². The van der Waals surface area contributed by atoms with Gasteiger partial charge in [-0.05, 0) is 44.7 Å². The van der Waals surface area contributed by atoms with Crippen molar-refractivity contribution in [3.8, 4) is 0 Å². The Bertz CT molecular complexity index is 457. The summed E-state index contributed by atoms with van der Waals surface area (Å²) in [5.41, 5.74) is 1.50. The molecule has 3 rings (SSSR count). The summed E-state index contributed by atoms with van der Waals surface area (Å²) >= 11 is 0. The molecule has 0 radical (unpaired) electrons. The van der Waals surface area contributed by atoms with Crippen LogP contribution in [0.25, 0.3) is 0 Å². The molecule has 1 aromatic rings. The van der Waals surface area contributed by atoms with Crippen molar-refractivity contribution >= 4 is 30.7 Å². The lowest BCUT2D eigenvalue weighted by Crippen LogP contribution is -2.48. The molecule has 2 fully saturated rings. The summed E-state index contributed by atoms with van der Waals surface area (Å²) in [4.78, 5) is 16.4. The molecule has 112 valence electrons. The van der Waals surface area contributed by atoms with Crippen LogP contribution in [-0.2, 0) is 0 Å². The smallest absolute Gasteiger partial charge is 0.253 e. The van der Waals surface area contributed by atoms with Crippen molar-refractivity contribution in [2.75, 3.05) is 0 Å².